The van der Waals surface area contributed by atoms with Gasteiger partial charge < -0.3 is 4.90 Å². The van der Waals surface area contributed by atoms with Crippen LogP contribution in [0.4, 0.5) is 0 Å². The predicted molar refractivity (Wildman–Crippen MR) is 74.8 cm³/mol. The van der Waals surface area contributed by atoms with Gasteiger partial charge in [-0.2, -0.15) is 0 Å². The summed E-state index contributed by atoms with van der Waals surface area (Å²) in [5, 5.41) is 0. The molecule has 3 heteroatoms. The molecule has 0 N–H and O–H groups in total. The van der Waals surface area contributed by atoms with Crippen LogP contribution < -0.4 is 0 Å². The maximum Gasteiger partial charge on any atom is 0.227 e. The molecule has 4 aliphatic heterocycles. The summed E-state index contributed by atoms with van der Waals surface area (Å²) in [6.07, 6.45) is 8.85. The summed E-state index contributed by atoms with van der Waals surface area (Å²) in [5.41, 5.74) is 0.175. The van der Waals surface area contributed by atoms with Gasteiger partial charge in [-0.25, -0.2) is 0 Å². The second-order valence-electron chi connectivity index (χ2n) is 7.40. The zero-order valence-corrected chi connectivity index (χ0v) is 12.1. The van der Waals surface area contributed by atoms with Crippen molar-refractivity contribution in [1.29, 1.82) is 0 Å². The Hall–Kier alpha value is -0.570. The van der Waals surface area contributed by atoms with Crippen molar-refractivity contribution >= 4 is 5.91 Å². The fraction of sp³-hybridized carbons (Fsp3) is 0.938. The molecule has 0 aromatic carbocycles. The van der Waals surface area contributed by atoms with Gasteiger partial charge in [0, 0.05) is 24.7 Å². The van der Waals surface area contributed by atoms with Crippen LogP contribution in [0, 0.1) is 11.8 Å². The Balaban J connectivity index is 1.69. The van der Waals surface area contributed by atoms with Gasteiger partial charge in [0.1, 0.15) is 0 Å². The van der Waals surface area contributed by atoms with E-state index in [1.54, 1.807) is 0 Å². The van der Waals surface area contributed by atoms with E-state index < -0.39 is 0 Å². The quantitative estimate of drug-likeness (QED) is 0.668. The van der Waals surface area contributed by atoms with Crippen LogP contribution in [0.5, 0.6) is 0 Å². The molecule has 1 amide bonds. The van der Waals surface area contributed by atoms with Crippen molar-refractivity contribution in [3.63, 3.8) is 0 Å². The Labute approximate surface area is 116 Å². The first-order chi connectivity index (χ1) is 9.20. The molecule has 4 fully saturated rings. The number of hydrogen-bond donors (Lipinski definition) is 0. The molecule has 2 bridgehead atoms. The molecular weight excluding hydrogens is 236 g/mol. The predicted octanol–water partition coefficient (Wildman–Crippen LogP) is 2.26. The van der Waals surface area contributed by atoms with E-state index >= 15 is 0 Å². The molecule has 0 spiro atoms. The number of fused-ring (bicyclic) bond motifs is 6. The topological polar surface area (TPSA) is 23.6 Å². The van der Waals surface area contributed by atoms with Crippen LogP contribution >= 0.6 is 0 Å². The van der Waals surface area contributed by atoms with Crippen LogP contribution in [0.25, 0.3) is 0 Å². The Morgan fingerprint density at radius 2 is 2.00 bits per heavy atom. The number of piperidine rings is 4. The number of rotatable bonds is 0. The third kappa shape index (κ3) is 1.63. The maximum atomic E-state index is 12.9. The van der Waals surface area contributed by atoms with Gasteiger partial charge in [-0.05, 0) is 57.9 Å². The van der Waals surface area contributed by atoms with Gasteiger partial charge in [0.25, 0.3) is 0 Å². The average Bonchev–Trinajstić information content (AvgIpc) is 2.44. The minimum Gasteiger partial charge on any atom is -0.339 e. The summed E-state index contributed by atoms with van der Waals surface area (Å²) < 4.78 is 0. The molecule has 106 valence electrons. The van der Waals surface area contributed by atoms with Gasteiger partial charge in [-0.1, -0.05) is 6.42 Å². The monoisotopic (exact) mass is 262 g/mol. The normalized spacial score (nSPS) is 46.7. The lowest BCUT2D eigenvalue weighted by Crippen LogP contribution is -2.70. The van der Waals surface area contributed by atoms with E-state index in [4.69, 9.17) is 0 Å². The molecule has 4 saturated heterocycles. The highest BCUT2D eigenvalue weighted by atomic mass is 16.2. The lowest BCUT2D eigenvalue weighted by atomic mass is 9.64. The van der Waals surface area contributed by atoms with Crippen LogP contribution in [-0.2, 0) is 4.79 Å². The van der Waals surface area contributed by atoms with Gasteiger partial charge in [-0.15, -0.1) is 0 Å². The Morgan fingerprint density at radius 3 is 2.89 bits per heavy atom. The molecule has 0 saturated carbocycles. The van der Waals surface area contributed by atoms with Crippen molar-refractivity contribution in [2.24, 2.45) is 11.8 Å². The third-order valence-electron chi connectivity index (χ3n) is 6.50. The highest BCUT2D eigenvalue weighted by molar-refractivity contribution is 5.82. The van der Waals surface area contributed by atoms with Crippen LogP contribution in [0.15, 0.2) is 0 Å². The fourth-order valence-corrected chi connectivity index (χ4v) is 5.37. The number of carbonyl (C=O) groups is 1. The van der Waals surface area contributed by atoms with E-state index in [0.717, 1.165) is 12.5 Å². The summed E-state index contributed by atoms with van der Waals surface area (Å²) >= 11 is 0. The van der Waals surface area contributed by atoms with Crippen molar-refractivity contribution in [3.05, 3.63) is 0 Å². The van der Waals surface area contributed by atoms with E-state index in [1.807, 2.05) is 0 Å². The zero-order chi connectivity index (χ0) is 13.0. The largest absolute Gasteiger partial charge is 0.339 e. The van der Waals surface area contributed by atoms with Crippen molar-refractivity contribution < 1.29 is 4.79 Å². The lowest BCUT2D eigenvalue weighted by molar-refractivity contribution is -0.168. The standard InChI is InChI=1S/C16H26N2O/c1-16-7-3-5-8-17(16)11-12-10-13(16)15(19)18-9-4-2-6-14(12)18/h12-14H,2-11H2,1H3/t12-,13-,14-,16+/m0/s1. The highest BCUT2D eigenvalue weighted by Crippen LogP contribution is 2.48. The Kier molecular flexibility index (Phi) is 2.70. The van der Waals surface area contributed by atoms with Crippen LogP contribution in [0.1, 0.15) is 51.9 Å². The second-order valence-corrected chi connectivity index (χ2v) is 7.40. The van der Waals surface area contributed by atoms with Crippen molar-refractivity contribution in [3.8, 4) is 0 Å². The highest BCUT2D eigenvalue weighted by Gasteiger charge is 2.56. The number of hydrogen-bond acceptors (Lipinski definition) is 2. The lowest BCUT2D eigenvalue weighted by Gasteiger charge is -2.61. The molecule has 0 aliphatic carbocycles. The molecular formula is C16H26N2O. The molecule has 3 nitrogen and oxygen atoms in total. The Bertz CT molecular complexity index is 396. The second kappa shape index (κ2) is 4.21. The van der Waals surface area contributed by atoms with Crippen LogP contribution in [-0.4, -0.2) is 46.9 Å². The fourth-order valence-electron chi connectivity index (χ4n) is 5.37. The summed E-state index contributed by atoms with van der Waals surface area (Å²) in [7, 11) is 0. The van der Waals surface area contributed by atoms with Gasteiger partial charge in [0.15, 0.2) is 0 Å². The average molecular weight is 262 g/mol. The molecule has 0 radical (unpaired) electrons. The van der Waals surface area contributed by atoms with Gasteiger partial charge >= 0.3 is 0 Å². The smallest absolute Gasteiger partial charge is 0.227 e. The summed E-state index contributed by atoms with van der Waals surface area (Å²) in [6.45, 7) is 5.88. The SMILES string of the molecule is C[C@]12CCCCN1C[C@@H]1C[C@H]2C(=O)N2CCCC[C@@H]12. The first-order valence-corrected chi connectivity index (χ1v) is 8.26. The summed E-state index contributed by atoms with van der Waals surface area (Å²) in [5.74, 6) is 1.55. The number of nitrogens with zero attached hydrogens (tertiary/aromatic N) is 2. The molecule has 4 rings (SSSR count). The number of amides is 1. The van der Waals surface area contributed by atoms with E-state index in [9.17, 15) is 4.79 Å². The van der Waals surface area contributed by atoms with E-state index in [0.29, 0.717) is 17.9 Å². The summed E-state index contributed by atoms with van der Waals surface area (Å²) in [4.78, 5) is 17.9. The summed E-state index contributed by atoms with van der Waals surface area (Å²) in [6, 6.07) is 0.573. The molecule has 4 aliphatic rings. The van der Waals surface area contributed by atoms with E-state index in [2.05, 4.69) is 16.7 Å². The molecule has 4 heterocycles. The molecule has 0 unspecified atom stereocenters. The molecule has 19 heavy (non-hydrogen) atoms. The van der Waals surface area contributed by atoms with Crippen molar-refractivity contribution in [2.45, 2.75) is 63.5 Å². The van der Waals surface area contributed by atoms with Crippen molar-refractivity contribution in [1.82, 2.24) is 9.80 Å². The minimum absolute atomic E-state index is 0.175. The van der Waals surface area contributed by atoms with Gasteiger partial charge in [0.05, 0.1) is 5.92 Å². The van der Waals surface area contributed by atoms with Crippen LogP contribution in [0.3, 0.4) is 0 Å². The van der Waals surface area contributed by atoms with E-state index in [1.165, 1.54) is 58.0 Å². The van der Waals surface area contributed by atoms with Crippen LogP contribution in [0.2, 0.25) is 0 Å². The minimum atomic E-state index is 0.175. The zero-order valence-electron chi connectivity index (χ0n) is 12.1. The van der Waals surface area contributed by atoms with Crippen molar-refractivity contribution in [2.75, 3.05) is 19.6 Å². The van der Waals surface area contributed by atoms with Gasteiger partial charge in [0.2, 0.25) is 5.91 Å². The first-order valence-electron chi connectivity index (χ1n) is 8.26. The maximum absolute atomic E-state index is 12.9. The Morgan fingerprint density at radius 1 is 1.16 bits per heavy atom. The first kappa shape index (κ1) is 12.2. The molecule has 0 aromatic rings. The molecule has 4 atom stereocenters. The molecule has 0 aromatic heterocycles. The number of carbonyl (C=O) groups excluding carboxylic acids is 1. The van der Waals surface area contributed by atoms with E-state index in [-0.39, 0.29) is 5.54 Å². The third-order valence-corrected chi connectivity index (χ3v) is 6.50. The van der Waals surface area contributed by atoms with Gasteiger partial charge in [-0.3, -0.25) is 9.69 Å².